The SMILES string of the molecule is CCOC(=O)c1cccc(N)c1C#N. The zero-order valence-electron chi connectivity index (χ0n) is 7.78. The summed E-state index contributed by atoms with van der Waals surface area (Å²) in [6.07, 6.45) is 0. The third-order valence-corrected chi connectivity index (χ3v) is 1.70. The number of hydrogen-bond acceptors (Lipinski definition) is 4. The molecule has 0 saturated carbocycles. The number of benzene rings is 1. The molecule has 0 bridgehead atoms. The molecule has 0 saturated heterocycles. The second-order valence-corrected chi connectivity index (χ2v) is 2.60. The van der Waals surface area contributed by atoms with Crippen LogP contribution in [0.2, 0.25) is 0 Å². The van der Waals surface area contributed by atoms with Crippen molar-refractivity contribution in [3.63, 3.8) is 0 Å². The summed E-state index contributed by atoms with van der Waals surface area (Å²) in [5.41, 5.74) is 6.21. The van der Waals surface area contributed by atoms with E-state index >= 15 is 0 Å². The van der Waals surface area contributed by atoms with Crippen LogP contribution in [0.3, 0.4) is 0 Å². The van der Waals surface area contributed by atoms with E-state index < -0.39 is 5.97 Å². The number of anilines is 1. The molecule has 0 aliphatic rings. The van der Waals surface area contributed by atoms with Crippen LogP contribution in [0.25, 0.3) is 0 Å². The lowest BCUT2D eigenvalue weighted by Gasteiger charge is -2.04. The first-order chi connectivity index (χ1) is 6.70. The summed E-state index contributed by atoms with van der Waals surface area (Å²) in [6, 6.07) is 6.58. The topological polar surface area (TPSA) is 76.1 Å². The predicted molar refractivity (Wildman–Crippen MR) is 51.5 cm³/mol. The maximum atomic E-state index is 11.3. The lowest BCUT2D eigenvalue weighted by molar-refractivity contribution is 0.0526. The summed E-state index contributed by atoms with van der Waals surface area (Å²) in [6.45, 7) is 1.98. The van der Waals surface area contributed by atoms with Crippen molar-refractivity contribution in [3.05, 3.63) is 29.3 Å². The van der Waals surface area contributed by atoms with Crippen LogP contribution in [0.15, 0.2) is 18.2 Å². The number of rotatable bonds is 2. The van der Waals surface area contributed by atoms with E-state index in [0.717, 1.165) is 0 Å². The Kier molecular flexibility index (Phi) is 3.08. The molecule has 0 heterocycles. The molecule has 0 aliphatic heterocycles. The van der Waals surface area contributed by atoms with Crippen molar-refractivity contribution in [2.45, 2.75) is 6.92 Å². The van der Waals surface area contributed by atoms with Gasteiger partial charge in [0, 0.05) is 0 Å². The molecular weight excluding hydrogens is 180 g/mol. The van der Waals surface area contributed by atoms with E-state index in [9.17, 15) is 4.79 Å². The number of esters is 1. The summed E-state index contributed by atoms with van der Waals surface area (Å²) in [5, 5.41) is 8.78. The summed E-state index contributed by atoms with van der Waals surface area (Å²) < 4.78 is 4.78. The molecule has 14 heavy (non-hydrogen) atoms. The van der Waals surface area contributed by atoms with Crippen LogP contribution in [0.4, 0.5) is 5.69 Å². The van der Waals surface area contributed by atoms with Crippen molar-refractivity contribution in [3.8, 4) is 6.07 Å². The van der Waals surface area contributed by atoms with Crippen molar-refractivity contribution in [2.75, 3.05) is 12.3 Å². The van der Waals surface area contributed by atoms with E-state index in [1.807, 2.05) is 6.07 Å². The number of nitrogen functional groups attached to an aromatic ring is 1. The Hall–Kier alpha value is -2.02. The zero-order chi connectivity index (χ0) is 10.6. The molecule has 1 aromatic rings. The number of nitrogens with two attached hydrogens (primary N) is 1. The second-order valence-electron chi connectivity index (χ2n) is 2.60. The van der Waals surface area contributed by atoms with Crippen molar-refractivity contribution in [1.82, 2.24) is 0 Å². The zero-order valence-corrected chi connectivity index (χ0v) is 7.78. The van der Waals surface area contributed by atoms with Crippen molar-refractivity contribution in [2.24, 2.45) is 0 Å². The largest absolute Gasteiger partial charge is 0.462 e. The molecule has 0 radical (unpaired) electrons. The quantitative estimate of drug-likeness (QED) is 0.563. The van der Waals surface area contributed by atoms with Gasteiger partial charge in [0.1, 0.15) is 6.07 Å². The number of carbonyl (C=O) groups is 1. The van der Waals surface area contributed by atoms with Crippen LogP contribution in [-0.2, 0) is 4.74 Å². The molecule has 72 valence electrons. The van der Waals surface area contributed by atoms with Crippen LogP contribution in [0.5, 0.6) is 0 Å². The monoisotopic (exact) mass is 190 g/mol. The lowest BCUT2D eigenvalue weighted by atomic mass is 10.1. The third kappa shape index (κ3) is 1.83. The standard InChI is InChI=1S/C10H10N2O2/c1-2-14-10(13)7-4-3-5-9(12)8(7)6-11/h3-5H,2,12H2,1H3. The van der Waals surface area contributed by atoms with Gasteiger partial charge in [0.05, 0.1) is 23.4 Å². The highest BCUT2D eigenvalue weighted by Gasteiger charge is 2.13. The first-order valence-corrected chi connectivity index (χ1v) is 4.16. The van der Waals surface area contributed by atoms with Gasteiger partial charge in [0.2, 0.25) is 0 Å². The fourth-order valence-electron chi connectivity index (χ4n) is 1.07. The van der Waals surface area contributed by atoms with E-state index in [1.165, 1.54) is 6.07 Å². The highest BCUT2D eigenvalue weighted by atomic mass is 16.5. The number of nitrogens with zero attached hydrogens (tertiary/aromatic N) is 1. The molecule has 0 spiro atoms. The minimum absolute atomic E-state index is 0.172. The smallest absolute Gasteiger partial charge is 0.339 e. The predicted octanol–water partition coefficient (Wildman–Crippen LogP) is 1.32. The Morgan fingerprint density at radius 3 is 2.93 bits per heavy atom. The van der Waals surface area contributed by atoms with E-state index in [4.69, 9.17) is 15.7 Å². The molecule has 0 atom stereocenters. The Balaban J connectivity index is 3.15. The van der Waals surface area contributed by atoms with E-state index in [0.29, 0.717) is 0 Å². The number of ether oxygens (including phenoxy) is 1. The molecule has 0 unspecified atom stereocenters. The molecule has 4 heteroatoms. The molecule has 1 rings (SSSR count). The molecular formula is C10H10N2O2. The summed E-state index contributed by atoms with van der Waals surface area (Å²) in [7, 11) is 0. The Morgan fingerprint density at radius 2 is 2.36 bits per heavy atom. The van der Waals surface area contributed by atoms with Gasteiger partial charge in [-0.05, 0) is 19.1 Å². The van der Waals surface area contributed by atoms with Gasteiger partial charge in [0.25, 0.3) is 0 Å². The number of carbonyl (C=O) groups excluding carboxylic acids is 1. The van der Waals surface area contributed by atoms with Gasteiger partial charge in [-0.25, -0.2) is 4.79 Å². The highest BCUT2D eigenvalue weighted by molar-refractivity contribution is 5.94. The fraction of sp³-hybridized carbons (Fsp3) is 0.200. The molecule has 4 nitrogen and oxygen atoms in total. The summed E-state index contributed by atoms with van der Waals surface area (Å²) in [5.74, 6) is -0.517. The van der Waals surface area contributed by atoms with Gasteiger partial charge in [-0.1, -0.05) is 6.07 Å². The minimum atomic E-state index is -0.517. The van der Waals surface area contributed by atoms with Crippen LogP contribution >= 0.6 is 0 Å². The van der Waals surface area contributed by atoms with E-state index in [1.54, 1.807) is 19.1 Å². The third-order valence-electron chi connectivity index (χ3n) is 1.70. The average Bonchev–Trinajstić information content (AvgIpc) is 2.17. The molecule has 0 aromatic heterocycles. The second kappa shape index (κ2) is 4.28. The van der Waals surface area contributed by atoms with Gasteiger partial charge < -0.3 is 10.5 Å². The maximum absolute atomic E-state index is 11.3. The minimum Gasteiger partial charge on any atom is -0.462 e. The van der Waals surface area contributed by atoms with Gasteiger partial charge >= 0.3 is 5.97 Å². The Morgan fingerprint density at radius 1 is 1.64 bits per heavy atom. The maximum Gasteiger partial charge on any atom is 0.339 e. The average molecular weight is 190 g/mol. The molecule has 0 fully saturated rings. The number of hydrogen-bond donors (Lipinski definition) is 1. The van der Waals surface area contributed by atoms with Gasteiger partial charge in [-0.3, -0.25) is 0 Å². The van der Waals surface area contributed by atoms with Gasteiger partial charge in [-0.2, -0.15) is 5.26 Å². The van der Waals surface area contributed by atoms with Crippen LogP contribution < -0.4 is 5.73 Å². The molecule has 2 N–H and O–H groups in total. The van der Waals surface area contributed by atoms with E-state index in [2.05, 4.69) is 0 Å². The van der Waals surface area contributed by atoms with Crippen molar-refractivity contribution >= 4 is 11.7 Å². The van der Waals surface area contributed by atoms with E-state index in [-0.39, 0.29) is 23.4 Å². The lowest BCUT2D eigenvalue weighted by Crippen LogP contribution is -2.08. The summed E-state index contributed by atoms with van der Waals surface area (Å²) >= 11 is 0. The Bertz CT molecular complexity index is 394. The highest BCUT2D eigenvalue weighted by Crippen LogP contribution is 2.16. The molecule has 0 aliphatic carbocycles. The van der Waals surface area contributed by atoms with Gasteiger partial charge in [0.15, 0.2) is 0 Å². The first-order valence-electron chi connectivity index (χ1n) is 4.16. The van der Waals surface area contributed by atoms with Crippen LogP contribution in [0, 0.1) is 11.3 Å². The Labute approximate surface area is 81.9 Å². The molecule has 1 aromatic carbocycles. The van der Waals surface area contributed by atoms with Gasteiger partial charge in [-0.15, -0.1) is 0 Å². The molecule has 0 amide bonds. The van der Waals surface area contributed by atoms with Crippen LogP contribution in [0.1, 0.15) is 22.8 Å². The first kappa shape index (κ1) is 10.1. The van der Waals surface area contributed by atoms with Crippen molar-refractivity contribution in [1.29, 1.82) is 5.26 Å². The summed E-state index contributed by atoms with van der Waals surface area (Å²) in [4.78, 5) is 11.3. The number of nitriles is 1. The normalized spacial score (nSPS) is 9.14. The van der Waals surface area contributed by atoms with Crippen molar-refractivity contribution < 1.29 is 9.53 Å². The van der Waals surface area contributed by atoms with Crippen LogP contribution in [-0.4, -0.2) is 12.6 Å². The fourth-order valence-corrected chi connectivity index (χ4v) is 1.07.